The summed E-state index contributed by atoms with van der Waals surface area (Å²) in [4.78, 5) is 0. The Bertz CT molecular complexity index is 562. The second-order valence-electron chi connectivity index (χ2n) is 11.8. The SMILES string of the molecule is CCCCCCCCCCCCCCCCCCCn1cc[n+](C)c1CCCCCCCCCCC. The van der Waals surface area contributed by atoms with Crippen LogP contribution in [-0.2, 0) is 20.0 Å². The molecular formula is C34H67N2+. The van der Waals surface area contributed by atoms with E-state index in [1.165, 1.54) is 186 Å². The highest BCUT2D eigenvalue weighted by atomic mass is 15.1. The van der Waals surface area contributed by atoms with Crippen LogP contribution in [0.2, 0.25) is 0 Å². The van der Waals surface area contributed by atoms with Crippen LogP contribution in [0.4, 0.5) is 0 Å². The molecule has 0 radical (unpaired) electrons. The predicted octanol–water partition coefficient (Wildman–Crippen LogP) is 11.0. The van der Waals surface area contributed by atoms with Gasteiger partial charge in [-0.15, -0.1) is 0 Å². The molecule has 0 N–H and O–H groups in total. The lowest BCUT2D eigenvalue weighted by atomic mass is 10.0. The molecule has 0 aliphatic heterocycles. The Labute approximate surface area is 228 Å². The van der Waals surface area contributed by atoms with Gasteiger partial charge in [0.2, 0.25) is 0 Å². The number of imidazole rings is 1. The fraction of sp³-hybridized carbons (Fsp3) is 0.912. The summed E-state index contributed by atoms with van der Waals surface area (Å²) in [5.74, 6) is 1.54. The molecule has 1 rings (SSSR count). The highest BCUT2D eigenvalue weighted by Gasteiger charge is 2.13. The zero-order valence-electron chi connectivity index (χ0n) is 25.3. The van der Waals surface area contributed by atoms with Crippen molar-refractivity contribution in [1.82, 2.24) is 4.57 Å². The van der Waals surface area contributed by atoms with E-state index in [-0.39, 0.29) is 0 Å². The lowest BCUT2D eigenvalue weighted by Crippen LogP contribution is -2.32. The average molecular weight is 504 g/mol. The molecule has 0 saturated heterocycles. The number of hydrogen-bond acceptors (Lipinski definition) is 0. The molecule has 0 fully saturated rings. The van der Waals surface area contributed by atoms with Gasteiger partial charge in [-0.2, -0.15) is 0 Å². The standard InChI is InChI=1S/C34H67N2/c1-4-6-8-10-12-14-15-16-17-18-19-20-21-23-25-27-29-31-36-33-32-35(3)34(36)30-28-26-24-22-13-11-9-7-5-2/h32-33H,4-31H2,1-3H3/q+1. The highest BCUT2D eigenvalue weighted by Crippen LogP contribution is 2.15. The molecule has 2 nitrogen and oxygen atoms in total. The fourth-order valence-corrected chi connectivity index (χ4v) is 5.68. The van der Waals surface area contributed by atoms with Crippen molar-refractivity contribution < 1.29 is 4.57 Å². The van der Waals surface area contributed by atoms with E-state index in [9.17, 15) is 0 Å². The van der Waals surface area contributed by atoms with Crippen molar-refractivity contribution in [3.05, 3.63) is 18.2 Å². The van der Waals surface area contributed by atoms with E-state index in [1.54, 1.807) is 0 Å². The minimum Gasteiger partial charge on any atom is -0.237 e. The summed E-state index contributed by atoms with van der Waals surface area (Å²) >= 11 is 0. The molecule has 1 heterocycles. The number of aryl methyl sites for hydroxylation is 2. The van der Waals surface area contributed by atoms with Crippen LogP contribution in [0.5, 0.6) is 0 Å². The van der Waals surface area contributed by atoms with Gasteiger partial charge >= 0.3 is 0 Å². The third-order valence-electron chi connectivity index (χ3n) is 8.22. The van der Waals surface area contributed by atoms with Gasteiger partial charge < -0.3 is 0 Å². The first-order valence-electron chi connectivity index (χ1n) is 16.8. The molecule has 1 aromatic rings. The Morgan fingerprint density at radius 1 is 0.472 bits per heavy atom. The molecule has 0 aliphatic rings. The Balaban J connectivity index is 1.91. The second-order valence-corrected chi connectivity index (χ2v) is 11.8. The van der Waals surface area contributed by atoms with Crippen LogP contribution in [0.15, 0.2) is 12.4 Å². The van der Waals surface area contributed by atoms with Gasteiger partial charge in [-0.25, -0.2) is 9.13 Å². The van der Waals surface area contributed by atoms with E-state index in [4.69, 9.17) is 0 Å². The van der Waals surface area contributed by atoms with Gasteiger partial charge in [-0.3, -0.25) is 0 Å². The Morgan fingerprint density at radius 2 is 0.806 bits per heavy atom. The third-order valence-corrected chi connectivity index (χ3v) is 8.22. The molecular weight excluding hydrogens is 436 g/mol. The average Bonchev–Trinajstić information content (AvgIpc) is 3.23. The molecule has 0 aromatic carbocycles. The zero-order valence-corrected chi connectivity index (χ0v) is 25.3. The Morgan fingerprint density at radius 3 is 1.19 bits per heavy atom. The van der Waals surface area contributed by atoms with Gasteiger partial charge in [-0.05, 0) is 19.3 Å². The van der Waals surface area contributed by atoms with Crippen molar-refractivity contribution in [3.8, 4) is 0 Å². The van der Waals surface area contributed by atoms with Crippen LogP contribution in [0.1, 0.15) is 187 Å². The van der Waals surface area contributed by atoms with Crippen LogP contribution >= 0.6 is 0 Å². The molecule has 0 aliphatic carbocycles. The van der Waals surface area contributed by atoms with Crippen LogP contribution < -0.4 is 4.57 Å². The first-order chi connectivity index (χ1) is 17.8. The first-order valence-corrected chi connectivity index (χ1v) is 16.8. The predicted molar refractivity (Wildman–Crippen MR) is 161 cm³/mol. The summed E-state index contributed by atoms with van der Waals surface area (Å²) in [5, 5.41) is 0. The maximum Gasteiger partial charge on any atom is 0.256 e. The van der Waals surface area contributed by atoms with Crippen LogP contribution in [0.25, 0.3) is 0 Å². The van der Waals surface area contributed by atoms with Gasteiger partial charge in [0.1, 0.15) is 12.4 Å². The molecule has 2 heteroatoms. The molecule has 0 spiro atoms. The lowest BCUT2D eigenvalue weighted by molar-refractivity contribution is -0.678. The number of nitrogens with zero attached hydrogens (tertiary/aromatic N) is 2. The van der Waals surface area contributed by atoms with Crippen LogP contribution in [-0.4, -0.2) is 4.57 Å². The minimum absolute atomic E-state index is 1.21. The molecule has 0 unspecified atom stereocenters. The van der Waals surface area contributed by atoms with E-state index in [0.29, 0.717) is 0 Å². The topological polar surface area (TPSA) is 8.81 Å². The minimum atomic E-state index is 1.21. The van der Waals surface area contributed by atoms with Crippen molar-refractivity contribution in [2.75, 3.05) is 0 Å². The number of aromatic nitrogens is 2. The summed E-state index contributed by atoms with van der Waals surface area (Å²) in [6.07, 6.45) is 43.2. The molecule has 36 heavy (non-hydrogen) atoms. The summed E-state index contributed by atoms with van der Waals surface area (Å²) in [5.41, 5.74) is 0. The molecule has 0 atom stereocenters. The third kappa shape index (κ3) is 19.3. The van der Waals surface area contributed by atoms with Crippen molar-refractivity contribution in [1.29, 1.82) is 0 Å². The summed E-state index contributed by atoms with van der Waals surface area (Å²) in [6, 6.07) is 0. The smallest absolute Gasteiger partial charge is 0.237 e. The van der Waals surface area contributed by atoms with Gasteiger partial charge in [0.05, 0.1) is 13.6 Å². The van der Waals surface area contributed by atoms with Gasteiger partial charge in [-0.1, -0.05) is 162 Å². The van der Waals surface area contributed by atoms with E-state index < -0.39 is 0 Å². The van der Waals surface area contributed by atoms with Gasteiger partial charge in [0, 0.05) is 6.42 Å². The van der Waals surface area contributed by atoms with E-state index in [0.717, 1.165) is 0 Å². The Hall–Kier alpha value is -0.790. The largest absolute Gasteiger partial charge is 0.256 e. The summed E-state index contributed by atoms with van der Waals surface area (Å²) < 4.78 is 4.90. The molecule has 0 bridgehead atoms. The Kier molecular flexibility index (Phi) is 23.9. The molecule has 0 saturated carbocycles. The normalized spacial score (nSPS) is 11.5. The molecule has 212 valence electrons. The first kappa shape index (κ1) is 33.2. The number of unbranched alkanes of at least 4 members (excludes halogenated alkanes) is 24. The van der Waals surface area contributed by atoms with Crippen molar-refractivity contribution in [3.63, 3.8) is 0 Å². The quantitative estimate of drug-likeness (QED) is 0.0794. The van der Waals surface area contributed by atoms with Gasteiger partial charge in [0.15, 0.2) is 0 Å². The highest BCUT2D eigenvalue weighted by molar-refractivity contribution is 4.84. The fourth-order valence-electron chi connectivity index (χ4n) is 5.68. The molecule has 1 aromatic heterocycles. The van der Waals surface area contributed by atoms with E-state index in [1.807, 2.05) is 0 Å². The second kappa shape index (κ2) is 25.8. The van der Waals surface area contributed by atoms with E-state index >= 15 is 0 Å². The lowest BCUT2D eigenvalue weighted by Gasteiger charge is -2.05. The number of hydrogen-bond donors (Lipinski definition) is 0. The molecule has 0 amide bonds. The van der Waals surface area contributed by atoms with Crippen molar-refractivity contribution in [2.45, 2.75) is 194 Å². The summed E-state index contributed by atoms with van der Waals surface area (Å²) in [6.45, 7) is 5.82. The monoisotopic (exact) mass is 504 g/mol. The van der Waals surface area contributed by atoms with Crippen LogP contribution in [0.3, 0.4) is 0 Å². The maximum atomic E-state index is 2.54. The van der Waals surface area contributed by atoms with Crippen LogP contribution in [0, 0.1) is 0 Å². The van der Waals surface area contributed by atoms with Crippen molar-refractivity contribution >= 4 is 0 Å². The van der Waals surface area contributed by atoms with Crippen molar-refractivity contribution in [2.24, 2.45) is 7.05 Å². The maximum absolute atomic E-state index is 2.54. The summed E-state index contributed by atoms with van der Waals surface area (Å²) in [7, 11) is 2.23. The van der Waals surface area contributed by atoms with Gasteiger partial charge in [0.25, 0.3) is 5.82 Å². The zero-order chi connectivity index (χ0) is 25.9. The van der Waals surface area contributed by atoms with E-state index in [2.05, 4.69) is 42.4 Å². The number of rotatable bonds is 28.